The van der Waals surface area contributed by atoms with Gasteiger partial charge in [-0.3, -0.25) is 4.79 Å². The highest BCUT2D eigenvalue weighted by atomic mass is 32.1. The molecule has 1 aromatic heterocycles. The maximum Gasteiger partial charge on any atom is 0.278 e. The first-order valence-electron chi connectivity index (χ1n) is 5.07. The summed E-state index contributed by atoms with van der Waals surface area (Å²) in [4.78, 5) is 12.6. The van der Waals surface area contributed by atoms with E-state index in [9.17, 15) is 4.79 Å². The van der Waals surface area contributed by atoms with E-state index in [4.69, 9.17) is 0 Å². The molecule has 0 bridgehead atoms. The van der Waals surface area contributed by atoms with Gasteiger partial charge in [0.2, 0.25) is 0 Å². The molecule has 0 unspecified atom stereocenters. The van der Waals surface area contributed by atoms with Gasteiger partial charge in [0.05, 0.1) is 0 Å². The number of carbonyl (C=O) groups excluding carboxylic acids is 1. The van der Waals surface area contributed by atoms with Gasteiger partial charge in [-0.2, -0.15) is 0 Å². The van der Waals surface area contributed by atoms with Gasteiger partial charge >= 0.3 is 0 Å². The fourth-order valence-electron chi connectivity index (χ4n) is 1.61. The summed E-state index contributed by atoms with van der Waals surface area (Å²) in [5, 5.41) is 3.29. The molecule has 0 saturated carbocycles. The minimum absolute atomic E-state index is 0.181. The normalized spacial score (nSPS) is 10.6. The van der Waals surface area contributed by atoms with Gasteiger partial charge in [0, 0.05) is 18.3 Å². The number of nitrogens with zero attached hydrogens (tertiary/aromatic N) is 1. The van der Waals surface area contributed by atoms with Crippen LogP contribution in [0.1, 0.15) is 5.56 Å². The summed E-state index contributed by atoms with van der Waals surface area (Å²) in [6.45, 7) is 0.711. The molecule has 16 heavy (non-hydrogen) atoms. The summed E-state index contributed by atoms with van der Waals surface area (Å²) in [6, 6.07) is 8.35. The van der Waals surface area contributed by atoms with Crippen molar-refractivity contribution >= 4 is 39.3 Å². The molecule has 1 heterocycles. The Morgan fingerprint density at radius 3 is 2.94 bits per heavy atom. The second-order valence-corrected chi connectivity index (χ2v) is 5.01. The zero-order valence-corrected chi connectivity index (χ0v) is 10.7. The minimum atomic E-state index is -0.181. The van der Waals surface area contributed by atoms with Gasteiger partial charge in [-0.15, -0.1) is 11.3 Å². The maximum atomic E-state index is 11.0. The average molecular weight is 251 g/mol. The molecule has 0 saturated heterocycles. The van der Waals surface area contributed by atoms with Crippen LogP contribution >= 0.6 is 24.0 Å². The van der Waals surface area contributed by atoms with E-state index in [1.165, 1.54) is 15.6 Å². The van der Waals surface area contributed by atoms with Crippen molar-refractivity contribution in [2.45, 2.75) is 6.42 Å². The Morgan fingerprint density at radius 1 is 1.44 bits per heavy atom. The van der Waals surface area contributed by atoms with Gasteiger partial charge in [0.25, 0.3) is 5.24 Å². The molecule has 0 radical (unpaired) electrons. The van der Waals surface area contributed by atoms with Crippen molar-refractivity contribution in [3.05, 3.63) is 35.2 Å². The zero-order valence-electron chi connectivity index (χ0n) is 9.01. The van der Waals surface area contributed by atoms with Crippen molar-refractivity contribution in [1.29, 1.82) is 0 Å². The predicted octanol–water partition coefficient (Wildman–Crippen LogP) is 3.43. The summed E-state index contributed by atoms with van der Waals surface area (Å²) in [6.07, 6.45) is 0.882. The Hall–Kier alpha value is -1.000. The minimum Gasteiger partial charge on any atom is -0.337 e. The van der Waals surface area contributed by atoms with Gasteiger partial charge in [0.15, 0.2) is 0 Å². The first kappa shape index (κ1) is 11.5. The molecule has 1 aromatic carbocycles. The summed E-state index contributed by atoms with van der Waals surface area (Å²) in [5.74, 6) is 0. The standard InChI is InChI=1S/C12H13NOS2/c1-13(12(14)15)7-6-9-8-16-11-5-3-2-4-10(9)11/h2-5,8H,6-7H2,1H3,(H,14,15). The first-order chi connectivity index (χ1) is 7.68. The number of carbonyl (C=O) groups is 1. The molecule has 2 rings (SSSR count). The van der Waals surface area contributed by atoms with Crippen LogP contribution in [0.25, 0.3) is 10.1 Å². The molecule has 0 atom stereocenters. The van der Waals surface area contributed by atoms with Crippen molar-refractivity contribution in [1.82, 2.24) is 4.90 Å². The molecule has 4 heteroatoms. The fraction of sp³-hybridized carbons (Fsp3) is 0.250. The number of hydrogen-bond acceptors (Lipinski definition) is 2. The molecule has 84 valence electrons. The Morgan fingerprint density at radius 2 is 2.19 bits per heavy atom. The molecule has 0 aliphatic rings. The number of hydrogen-bond donors (Lipinski definition) is 1. The highest BCUT2D eigenvalue weighted by Gasteiger charge is 2.06. The first-order valence-corrected chi connectivity index (χ1v) is 6.40. The molecule has 0 N–H and O–H groups in total. The van der Waals surface area contributed by atoms with E-state index >= 15 is 0 Å². The number of thiophene rings is 1. The van der Waals surface area contributed by atoms with Crippen molar-refractivity contribution in [2.24, 2.45) is 0 Å². The van der Waals surface area contributed by atoms with Gasteiger partial charge in [-0.25, -0.2) is 0 Å². The molecule has 0 aliphatic heterocycles. The molecular weight excluding hydrogens is 238 g/mol. The third kappa shape index (κ3) is 2.39. The highest BCUT2D eigenvalue weighted by Crippen LogP contribution is 2.25. The van der Waals surface area contributed by atoms with E-state index in [2.05, 4.69) is 30.1 Å². The van der Waals surface area contributed by atoms with Gasteiger partial charge in [-0.05, 0) is 28.8 Å². The number of amides is 1. The quantitative estimate of drug-likeness (QED) is 0.829. The number of rotatable bonds is 3. The highest BCUT2D eigenvalue weighted by molar-refractivity contribution is 7.96. The molecule has 0 spiro atoms. The van der Waals surface area contributed by atoms with Crippen LogP contribution < -0.4 is 0 Å². The van der Waals surface area contributed by atoms with E-state index in [0.29, 0.717) is 6.54 Å². The molecule has 2 aromatic rings. The summed E-state index contributed by atoms with van der Waals surface area (Å²) in [5.41, 5.74) is 1.31. The van der Waals surface area contributed by atoms with Crippen LogP contribution in [0.2, 0.25) is 0 Å². The van der Waals surface area contributed by atoms with Crippen LogP contribution in [0, 0.1) is 0 Å². The number of benzene rings is 1. The summed E-state index contributed by atoms with van der Waals surface area (Å²) >= 11 is 5.54. The topological polar surface area (TPSA) is 20.3 Å². The average Bonchev–Trinajstić information content (AvgIpc) is 2.69. The molecule has 0 fully saturated rings. The summed E-state index contributed by atoms with van der Waals surface area (Å²) in [7, 11) is 1.77. The predicted molar refractivity (Wildman–Crippen MR) is 72.5 cm³/mol. The molecule has 0 aliphatic carbocycles. The smallest absolute Gasteiger partial charge is 0.278 e. The fourth-order valence-corrected chi connectivity index (χ4v) is 2.71. The monoisotopic (exact) mass is 251 g/mol. The van der Waals surface area contributed by atoms with E-state index in [1.807, 2.05) is 12.1 Å². The molecular formula is C12H13NOS2. The zero-order chi connectivity index (χ0) is 11.5. The largest absolute Gasteiger partial charge is 0.337 e. The van der Waals surface area contributed by atoms with Crippen LogP contribution in [-0.2, 0) is 6.42 Å². The van der Waals surface area contributed by atoms with E-state index < -0.39 is 0 Å². The third-order valence-electron chi connectivity index (χ3n) is 2.60. The Labute approximate surface area is 104 Å². The third-order valence-corrected chi connectivity index (χ3v) is 3.96. The number of likely N-dealkylation sites (N-methyl/N-ethyl adjacent to an activating group) is 1. The van der Waals surface area contributed by atoms with Crippen LogP contribution in [0.3, 0.4) is 0 Å². The van der Waals surface area contributed by atoms with E-state index in [-0.39, 0.29) is 5.24 Å². The lowest BCUT2D eigenvalue weighted by Gasteiger charge is -2.13. The van der Waals surface area contributed by atoms with Crippen molar-refractivity contribution in [2.75, 3.05) is 13.6 Å². The van der Waals surface area contributed by atoms with Crippen molar-refractivity contribution < 1.29 is 4.79 Å². The second-order valence-electron chi connectivity index (χ2n) is 3.71. The van der Waals surface area contributed by atoms with Crippen molar-refractivity contribution in [3.8, 4) is 0 Å². The number of fused-ring (bicyclic) bond motifs is 1. The van der Waals surface area contributed by atoms with E-state index in [0.717, 1.165) is 6.42 Å². The number of thiol groups is 1. The van der Waals surface area contributed by atoms with Gasteiger partial charge < -0.3 is 4.90 Å². The maximum absolute atomic E-state index is 11.0. The van der Waals surface area contributed by atoms with E-state index in [1.54, 1.807) is 23.3 Å². The van der Waals surface area contributed by atoms with Gasteiger partial charge in [0.1, 0.15) is 0 Å². The SMILES string of the molecule is CN(CCc1csc2ccccc12)C(=O)S. The second kappa shape index (κ2) is 4.89. The molecule has 1 amide bonds. The van der Waals surface area contributed by atoms with Crippen molar-refractivity contribution in [3.63, 3.8) is 0 Å². The lowest BCUT2D eigenvalue weighted by molar-refractivity contribution is 0.234. The Bertz CT molecular complexity index is 506. The Kier molecular flexibility index (Phi) is 3.51. The van der Waals surface area contributed by atoms with Crippen LogP contribution in [0.4, 0.5) is 4.79 Å². The lowest BCUT2D eigenvalue weighted by atomic mass is 10.1. The van der Waals surface area contributed by atoms with Crippen LogP contribution in [0.15, 0.2) is 29.6 Å². The summed E-state index contributed by atoms with van der Waals surface area (Å²) < 4.78 is 1.30. The van der Waals surface area contributed by atoms with Crippen LogP contribution in [-0.4, -0.2) is 23.7 Å². The molecule has 2 nitrogen and oxygen atoms in total. The Balaban J connectivity index is 2.13. The van der Waals surface area contributed by atoms with Gasteiger partial charge in [-0.1, -0.05) is 30.8 Å². The van der Waals surface area contributed by atoms with Crippen LogP contribution in [0.5, 0.6) is 0 Å². The lowest BCUT2D eigenvalue weighted by Crippen LogP contribution is -2.23.